The summed E-state index contributed by atoms with van der Waals surface area (Å²) in [5, 5.41) is 6.72. The SMILES string of the molecule is COC(=O)CC(CC(=O)OC)n1cc(NC(=O)/C=C/c2ccc(F)c(Br)c2)cn1. The minimum absolute atomic E-state index is 0.0833. The quantitative estimate of drug-likeness (QED) is 0.472. The first-order valence-electron chi connectivity index (χ1n) is 8.44. The van der Waals surface area contributed by atoms with Gasteiger partial charge in [0, 0.05) is 12.3 Å². The van der Waals surface area contributed by atoms with E-state index in [1.165, 1.54) is 55.6 Å². The van der Waals surface area contributed by atoms with Crippen LogP contribution in [0.2, 0.25) is 0 Å². The summed E-state index contributed by atoms with van der Waals surface area (Å²) in [6.45, 7) is 0. The number of hydrogen-bond acceptors (Lipinski definition) is 6. The normalized spacial score (nSPS) is 10.9. The fourth-order valence-electron chi connectivity index (χ4n) is 2.38. The molecule has 0 radical (unpaired) electrons. The molecule has 0 spiro atoms. The maximum absolute atomic E-state index is 13.2. The maximum atomic E-state index is 13.2. The lowest BCUT2D eigenvalue weighted by Crippen LogP contribution is -2.19. The van der Waals surface area contributed by atoms with E-state index in [1.807, 2.05) is 0 Å². The molecule has 0 saturated carbocycles. The second-order valence-electron chi connectivity index (χ2n) is 5.92. The predicted octanol–water partition coefficient (Wildman–Crippen LogP) is 3.10. The van der Waals surface area contributed by atoms with Crippen LogP contribution in [0.1, 0.15) is 24.4 Å². The van der Waals surface area contributed by atoms with Gasteiger partial charge in [-0.1, -0.05) is 6.07 Å². The van der Waals surface area contributed by atoms with E-state index in [1.54, 1.807) is 6.07 Å². The van der Waals surface area contributed by atoms with Crippen molar-refractivity contribution in [2.75, 3.05) is 19.5 Å². The molecule has 1 N–H and O–H groups in total. The second-order valence-corrected chi connectivity index (χ2v) is 6.77. The number of aromatic nitrogens is 2. The van der Waals surface area contributed by atoms with Gasteiger partial charge in [-0.2, -0.15) is 5.10 Å². The Labute approximate surface area is 174 Å². The fraction of sp³-hybridized carbons (Fsp3) is 0.263. The first-order valence-corrected chi connectivity index (χ1v) is 9.23. The van der Waals surface area contributed by atoms with E-state index < -0.39 is 29.7 Å². The molecule has 1 amide bonds. The average molecular weight is 468 g/mol. The van der Waals surface area contributed by atoms with E-state index in [9.17, 15) is 18.8 Å². The van der Waals surface area contributed by atoms with Gasteiger partial charge in [0.15, 0.2) is 0 Å². The lowest BCUT2D eigenvalue weighted by molar-refractivity contribution is -0.144. The van der Waals surface area contributed by atoms with Crippen LogP contribution in [-0.4, -0.2) is 41.8 Å². The summed E-state index contributed by atoms with van der Waals surface area (Å²) < 4.78 is 24.2. The standard InChI is InChI=1S/C19H19BrFN3O5/c1-28-18(26)8-14(9-19(27)29-2)24-11-13(10-22-24)23-17(25)6-4-12-3-5-16(21)15(20)7-12/h3-7,10-11,14H,8-9H2,1-2H3,(H,23,25)/b6-4+. The highest BCUT2D eigenvalue weighted by molar-refractivity contribution is 9.10. The van der Waals surface area contributed by atoms with E-state index in [0.29, 0.717) is 15.7 Å². The maximum Gasteiger partial charge on any atom is 0.307 e. The minimum atomic E-state index is -0.618. The number of esters is 2. The molecule has 2 rings (SSSR count). The highest BCUT2D eigenvalue weighted by Crippen LogP contribution is 2.20. The zero-order valence-electron chi connectivity index (χ0n) is 15.7. The van der Waals surface area contributed by atoms with Crippen LogP contribution in [0, 0.1) is 5.82 Å². The summed E-state index contributed by atoms with van der Waals surface area (Å²) in [6.07, 6.45) is 5.54. The number of halogens is 2. The summed E-state index contributed by atoms with van der Waals surface area (Å²) in [6, 6.07) is 3.75. The lowest BCUT2D eigenvalue weighted by atomic mass is 10.1. The Morgan fingerprint density at radius 2 is 1.90 bits per heavy atom. The van der Waals surface area contributed by atoms with E-state index in [-0.39, 0.29) is 12.8 Å². The highest BCUT2D eigenvalue weighted by atomic mass is 79.9. The van der Waals surface area contributed by atoms with Gasteiger partial charge in [-0.05, 0) is 39.7 Å². The first-order chi connectivity index (χ1) is 13.8. The molecule has 1 aromatic carbocycles. The number of nitrogens with one attached hydrogen (secondary N) is 1. The van der Waals surface area contributed by atoms with Crippen molar-refractivity contribution in [1.29, 1.82) is 0 Å². The summed E-state index contributed by atoms with van der Waals surface area (Å²) in [7, 11) is 2.50. The van der Waals surface area contributed by atoms with Gasteiger partial charge >= 0.3 is 11.9 Å². The first kappa shape index (κ1) is 22.3. The third-order valence-corrected chi connectivity index (χ3v) is 4.48. The fourth-order valence-corrected chi connectivity index (χ4v) is 2.78. The number of carbonyl (C=O) groups excluding carboxylic acids is 3. The summed E-state index contributed by atoms with van der Waals surface area (Å²) >= 11 is 3.08. The molecule has 1 heterocycles. The van der Waals surface area contributed by atoms with Gasteiger partial charge in [0.1, 0.15) is 5.82 Å². The molecule has 29 heavy (non-hydrogen) atoms. The Kier molecular flexibility index (Phi) is 8.08. The van der Waals surface area contributed by atoms with Crippen molar-refractivity contribution in [3.05, 3.63) is 52.5 Å². The van der Waals surface area contributed by atoms with Gasteiger partial charge in [-0.3, -0.25) is 19.1 Å². The summed E-state index contributed by atoms with van der Waals surface area (Å²) in [5.41, 5.74) is 1.01. The molecular formula is C19H19BrFN3O5. The zero-order valence-corrected chi connectivity index (χ0v) is 17.3. The van der Waals surface area contributed by atoms with Gasteiger partial charge < -0.3 is 14.8 Å². The van der Waals surface area contributed by atoms with Gasteiger partial charge in [0.05, 0.1) is 49.5 Å². The van der Waals surface area contributed by atoms with E-state index in [0.717, 1.165) is 0 Å². The van der Waals surface area contributed by atoms with Crippen LogP contribution in [0.3, 0.4) is 0 Å². The van der Waals surface area contributed by atoms with Gasteiger partial charge in [0.25, 0.3) is 0 Å². The molecule has 0 bridgehead atoms. The van der Waals surface area contributed by atoms with Crippen molar-refractivity contribution < 1.29 is 28.2 Å². The lowest BCUT2D eigenvalue weighted by Gasteiger charge is -2.15. The molecule has 154 valence electrons. The zero-order chi connectivity index (χ0) is 21.4. The molecule has 0 aliphatic heterocycles. The van der Waals surface area contributed by atoms with Crippen molar-refractivity contribution in [2.45, 2.75) is 18.9 Å². The van der Waals surface area contributed by atoms with Gasteiger partial charge in [-0.15, -0.1) is 0 Å². The Bertz CT molecular complexity index is 910. The molecule has 2 aromatic rings. The number of carbonyl (C=O) groups is 3. The van der Waals surface area contributed by atoms with Crippen LogP contribution in [0.25, 0.3) is 6.08 Å². The monoisotopic (exact) mass is 467 g/mol. The van der Waals surface area contributed by atoms with Crippen molar-refractivity contribution in [2.24, 2.45) is 0 Å². The molecule has 8 nitrogen and oxygen atoms in total. The van der Waals surface area contributed by atoms with Crippen LogP contribution < -0.4 is 5.32 Å². The summed E-state index contributed by atoms with van der Waals surface area (Å²) in [5.74, 6) is -1.84. The second kappa shape index (κ2) is 10.5. The number of hydrogen-bond donors (Lipinski definition) is 1. The molecular weight excluding hydrogens is 449 g/mol. The third-order valence-electron chi connectivity index (χ3n) is 3.87. The predicted molar refractivity (Wildman–Crippen MR) is 106 cm³/mol. The van der Waals surface area contributed by atoms with Crippen LogP contribution in [0.5, 0.6) is 0 Å². The highest BCUT2D eigenvalue weighted by Gasteiger charge is 2.21. The molecule has 0 fully saturated rings. The third kappa shape index (κ3) is 6.83. The van der Waals surface area contributed by atoms with Crippen LogP contribution in [-0.2, 0) is 23.9 Å². The number of ether oxygens (including phenoxy) is 2. The Hall–Kier alpha value is -3.01. The van der Waals surface area contributed by atoms with Crippen molar-refractivity contribution in [3.63, 3.8) is 0 Å². The van der Waals surface area contributed by atoms with Gasteiger partial charge in [-0.25, -0.2) is 4.39 Å². The number of anilines is 1. The number of methoxy groups -OCH3 is 2. The van der Waals surface area contributed by atoms with Crippen molar-refractivity contribution >= 4 is 45.5 Å². The van der Waals surface area contributed by atoms with Crippen molar-refractivity contribution in [1.82, 2.24) is 9.78 Å². The average Bonchev–Trinajstić information content (AvgIpc) is 3.16. The largest absolute Gasteiger partial charge is 0.469 e. The molecule has 1 aromatic heterocycles. The van der Waals surface area contributed by atoms with Crippen LogP contribution in [0.4, 0.5) is 10.1 Å². The number of nitrogens with zero attached hydrogens (tertiary/aromatic N) is 2. The van der Waals surface area contributed by atoms with E-state index >= 15 is 0 Å². The Morgan fingerprint density at radius 1 is 1.24 bits per heavy atom. The van der Waals surface area contributed by atoms with E-state index in [4.69, 9.17) is 0 Å². The molecule has 0 unspecified atom stereocenters. The number of rotatable bonds is 8. The molecule has 10 heteroatoms. The number of amides is 1. The molecule has 0 aliphatic carbocycles. The molecule has 0 aliphatic rings. The molecule has 0 atom stereocenters. The minimum Gasteiger partial charge on any atom is -0.469 e. The Balaban J connectivity index is 2.05. The van der Waals surface area contributed by atoms with Crippen LogP contribution >= 0.6 is 15.9 Å². The number of benzene rings is 1. The Morgan fingerprint density at radius 3 is 2.48 bits per heavy atom. The van der Waals surface area contributed by atoms with E-state index in [2.05, 4.69) is 35.8 Å². The summed E-state index contributed by atoms with van der Waals surface area (Å²) in [4.78, 5) is 35.3. The van der Waals surface area contributed by atoms with Crippen molar-refractivity contribution in [3.8, 4) is 0 Å². The topological polar surface area (TPSA) is 99.5 Å². The van der Waals surface area contributed by atoms with Crippen LogP contribution in [0.15, 0.2) is 41.1 Å². The van der Waals surface area contributed by atoms with Gasteiger partial charge in [0.2, 0.25) is 5.91 Å². The smallest absolute Gasteiger partial charge is 0.307 e. The molecule has 0 saturated heterocycles.